The zero-order chi connectivity index (χ0) is 26.5. The number of hydrogen-bond donors (Lipinski definition) is 0. The van der Waals surface area contributed by atoms with Crippen LogP contribution < -0.4 is 0 Å². The van der Waals surface area contributed by atoms with Crippen LogP contribution in [-0.2, 0) is 20.4 Å². The number of hydrogen-bond acceptors (Lipinski definition) is 4. The fourth-order valence-corrected chi connectivity index (χ4v) is 4.18. The topological polar surface area (TPSA) is 52.6 Å². The number of esters is 2. The van der Waals surface area contributed by atoms with Crippen molar-refractivity contribution in [3.63, 3.8) is 0 Å². The molecule has 4 nitrogen and oxygen atoms in total. The largest absolute Gasteiger partial charge is 0.458 e. The lowest BCUT2D eigenvalue weighted by Gasteiger charge is -2.17. The number of alkyl halides is 2. The number of halogens is 2. The SMILES string of the molecule is C=C(C)COC(=O)c1ccc2c(c1)C(Cl)(Cl)c1cc(C(=O)OCc3ccccc3)ccc1-2.CC(C)C. The Morgan fingerprint density at radius 1 is 0.833 bits per heavy atom. The van der Waals surface area contributed by atoms with E-state index in [-0.39, 0.29) is 13.2 Å². The molecule has 1 aliphatic rings. The zero-order valence-corrected chi connectivity index (χ0v) is 22.5. The number of rotatable bonds is 6. The van der Waals surface area contributed by atoms with Crippen LogP contribution in [0.25, 0.3) is 11.1 Å². The molecule has 0 aliphatic heterocycles. The predicted octanol–water partition coefficient (Wildman–Crippen LogP) is 8.10. The molecule has 1 aliphatic carbocycles. The van der Waals surface area contributed by atoms with Crippen molar-refractivity contribution in [1.82, 2.24) is 0 Å². The summed E-state index contributed by atoms with van der Waals surface area (Å²) >= 11 is 13.5. The van der Waals surface area contributed by atoms with Crippen LogP contribution in [0.4, 0.5) is 0 Å². The first kappa shape index (κ1) is 27.5. The standard InChI is InChI=1S/C26H20Cl2O4.C4H10/c1-16(2)14-31-24(29)18-8-10-20-21-11-9-19(13-23(21)26(27,28)22(20)12-18)25(30)32-15-17-6-4-3-5-7-17;1-4(2)3/h3-13H,1,14-15H2,2H3;4H,1-3H3. The minimum Gasteiger partial charge on any atom is -0.458 e. The van der Waals surface area contributed by atoms with Crippen molar-refractivity contribution in [2.45, 2.75) is 38.6 Å². The number of ether oxygens (including phenoxy) is 2. The van der Waals surface area contributed by atoms with E-state index in [0.717, 1.165) is 28.2 Å². The molecule has 0 saturated heterocycles. The van der Waals surface area contributed by atoms with Gasteiger partial charge in [0.15, 0.2) is 4.33 Å². The van der Waals surface area contributed by atoms with Gasteiger partial charge in [0.1, 0.15) is 13.2 Å². The van der Waals surface area contributed by atoms with Crippen LogP contribution in [0, 0.1) is 5.92 Å². The average Bonchev–Trinajstić information content (AvgIpc) is 3.07. The van der Waals surface area contributed by atoms with Crippen molar-refractivity contribution in [1.29, 1.82) is 0 Å². The molecule has 0 heterocycles. The molecule has 0 saturated carbocycles. The van der Waals surface area contributed by atoms with E-state index < -0.39 is 16.3 Å². The van der Waals surface area contributed by atoms with Crippen LogP contribution in [0.15, 0.2) is 78.9 Å². The Balaban J connectivity index is 0.000000840. The first-order chi connectivity index (χ1) is 17.0. The first-order valence-electron chi connectivity index (χ1n) is 11.7. The lowest BCUT2D eigenvalue weighted by molar-refractivity contribution is 0.0471. The lowest BCUT2D eigenvalue weighted by atomic mass is 10.0. The molecule has 6 heteroatoms. The zero-order valence-electron chi connectivity index (χ0n) is 20.9. The van der Waals surface area contributed by atoms with Crippen LogP contribution in [0.3, 0.4) is 0 Å². The average molecular weight is 525 g/mol. The van der Waals surface area contributed by atoms with Crippen LogP contribution in [0.2, 0.25) is 0 Å². The third kappa shape index (κ3) is 6.57. The highest BCUT2D eigenvalue weighted by molar-refractivity contribution is 6.51. The normalized spacial score (nSPS) is 12.6. The first-order valence-corrected chi connectivity index (χ1v) is 12.5. The van der Waals surface area contributed by atoms with Crippen LogP contribution in [-0.4, -0.2) is 18.5 Å². The van der Waals surface area contributed by atoms with Crippen molar-refractivity contribution in [2.24, 2.45) is 5.92 Å². The molecule has 3 aromatic rings. The Labute approximate surface area is 222 Å². The second kappa shape index (κ2) is 11.8. The maximum atomic E-state index is 12.6. The van der Waals surface area contributed by atoms with Gasteiger partial charge >= 0.3 is 11.9 Å². The monoisotopic (exact) mass is 524 g/mol. The van der Waals surface area contributed by atoms with Gasteiger partial charge in [-0.05, 0) is 59.4 Å². The van der Waals surface area contributed by atoms with Gasteiger partial charge in [0.25, 0.3) is 0 Å². The van der Waals surface area contributed by atoms with E-state index in [1.807, 2.05) is 30.3 Å². The van der Waals surface area contributed by atoms with Crippen molar-refractivity contribution < 1.29 is 19.1 Å². The maximum absolute atomic E-state index is 12.6. The Bertz CT molecular complexity index is 1260. The van der Waals surface area contributed by atoms with E-state index in [0.29, 0.717) is 22.3 Å². The van der Waals surface area contributed by atoms with Gasteiger partial charge in [0, 0.05) is 11.1 Å². The molecule has 0 fully saturated rings. The summed E-state index contributed by atoms with van der Waals surface area (Å²) in [6, 6.07) is 19.6. The van der Waals surface area contributed by atoms with Crippen molar-refractivity contribution in [2.75, 3.05) is 6.61 Å². The Hall–Kier alpha value is -3.08. The summed E-state index contributed by atoms with van der Waals surface area (Å²) in [7, 11) is 0. The fraction of sp³-hybridized carbons (Fsp3) is 0.267. The van der Waals surface area contributed by atoms with E-state index in [2.05, 4.69) is 27.4 Å². The van der Waals surface area contributed by atoms with Crippen molar-refractivity contribution >= 4 is 35.1 Å². The van der Waals surface area contributed by atoms with E-state index in [9.17, 15) is 9.59 Å². The van der Waals surface area contributed by atoms with Crippen molar-refractivity contribution in [3.05, 3.63) is 107 Å². The summed E-state index contributed by atoms with van der Waals surface area (Å²) < 4.78 is 9.22. The molecule has 0 radical (unpaired) electrons. The third-order valence-electron chi connectivity index (χ3n) is 5.14. The highest BCUT2D eigenvalue weighted by Gasteiger charge is 2.41. The van der Waals surface area contributed by atoms with Gasteiger partial charge in [-0.3, -0.25) is 0 Å². The van der Waals surface area contributed by atoms with E-state index in [4.69, 9.17) is 32.7 Å². The lowest BCUT2D eigenvalue weighted by Crippen LogP contribution is -2.12. The molecule has 0 N–H and O–H groups in total. The molecular weight excluding hydrogens is 495 g/mol. The molecular formula is C30H30Cl2O4. The van der Waals surface area contributed by atoms with Gasteiger partial charge in [-0.15, -0.1) is 0 Å². The molecule has 0 bridgehead atoms. The molecule has 0 aromatic heterocycles. The van der Waals surface area contributed by atoms with E-state index >= 15 is 0 Å². The molecule has 0 atom stereocenters. The molecule has 36 heavy (non-hydrogen) atoms. The summed E-state index contributed by atoms with van der Waals surface area (Å²) in [6.07, 6.45) is 0. The number of carbonyl (C=O) groups excluding carboxylic acids is 2. The molecule has 0 unspecified atom stereocenters. The van der Waals surface area contributed by atoms with E-state index in [1.54, 1.807) is 43.3 Å². The minimum atomic E-state index is -1.43. The predicted molar refractivity (Wildman–Crippen MR) is 146 cm³/mol. The highest BCUT2D eigenvalue weighted by atomic mass is 35.5. The third-order valence-corrected chi connectivity index (χ3v) is 5.95. The van der Waals surface area contributed by atoms with Gasteiger partial charge in [0.05, 0.1) is 11.1 Å². The van der Waals surface area contributed by atoms with Gasteiger partial charge in [-0.25, -0.2) is 9.59 Å². The van der Waals surface area contributed by atoms with Crippen LogP contribution >= 0.6 is 23.2 Å². The molecule has 3 aromatic carbocycles. The smallest absolute Gasteiger partial charge is 0.338 e. The summed E-state index contributed by atoms with van der Waals surface area (Å²) in [5.41, 5.74) is 5.04. The van der Waals surface area contributed by atoms with Crippen LogP contribution in [0.5, 0.6) is 0 Å². The summed E-state index contributed by atoms with van der Waals surface area (Å²) in [5, 5.41) is 0. The van der Waals surface area contributed by atoms with Gasteiger partial charge in [0.2, 0.25) is 0 Å². The van der Waals surface area contributed by atoms with Crippen molar-refractivity contribution in [3.8, 4) is 11.1 Å². The fourth-order valence-electron chi connectivity index (χ4n) is 3.56. The highest BCUT2D eigenvalue weighted by Crippen LogP contribution is 2.54. The molecule has 0 amide bonds. The minimum absolute atomic E-state index is 0.136. The van der Waals surface area contributed by atoms with Crippen LogP contribution in [0.1, 0.15) is 65.1 Å². The summed E-state index contributed by atoms with van der Waals surface area (Å²) in [6.45, 7) is 12.3. The number of fused-ring (bicyclic) bond motifs is 3. The molecule has 0 spiro atoms. The Morgan fingerprint density at radius 3 is 1.78 bits per heavy atom. The molecule has 4 rings (SSSR count). The van der Waals surface area contributed by atoms with Gasteiger partial charge in [-0.2, -0.15) is 0 Å². The maximum Gasteiger partial charge on any atom is 0.338 e. The Morgan fingerprint density at radius 2 is 1.31 bits per heavy atom. The second-order valence-corrected chi connectivity index (χ2v) is 10.7. The van der Waals surface area contributed by atoms with Gasteiger partial charge in [-0.1, -0.05) is 93.0 Å². The quantitative estimate of drug-likeness (QED) is 0.185. The number of carbonyl (C=O) groups is 2. The second-order valence-electron chi connectivity index (χ2n) is 9.42. The van der Waals surface area contributed by atoms with E-state index in [1.165, 1.54) is 0 Å². The van der Waals surface area contributed by atoms with Gasteiger partial charge < -0.3 is 9.47 Å². The molecule has 188 valence electrons. The Kier molecular flexibility index (Phi) is 8.99. The summed E-state index contributed by atoms with van der Waals surface area (Å²) in [5.74, 6) is -0.123. The number of benzene rings is 3. The summed E-state index contributed by atoms with van der Waals surface area (Å²) in [4.78, 5) is 24.9.